The van der Waals surface area contributed by atoms with Crippen molar-refractivity contribution in [2.24, 2.45) is 0 Å². The molecule has 6 nitrogen and oxygen atoms in total. The number of amides is 1. The molecule has 1 aliphatic heterocycles. The number of hydrogen-bond donors (Lipinski definition) is 0. The van der Waals surface area contributed by atoms with Crippen LogP contribution in [0.3, 0.4) is 0 Å². The van der Waals surface area contributed by atoms with Gasteiger partial charge in [0.1, 0.15) is 5.75 Å². The van der Waals surface area contributed by atoms with Gasteiger partial charge in [-0.15, -0.1) is 0 Å². The van der Waals surface area contributed by atoms with Crippen molar-refractivity contribution >= 4 is 32.6 Å². The number of hydrogen-bond acceptors (Lipinski definition) is 6. The zero-order valence-electron chi connectivity index (χ0n) is 17.5. The predicted octanol–water partition coefficient (Wildman–Crippen LogP) is 3.66. The molecule has 1 amide bonds. The molecule has 1 aliphatic rings. The Bertz CT molecular complexity index is 961. The number of anilines is 1. The standard InChI is InChI=1S/C23H27N3O3S/c1-17-8-9-18(2)22-21(17)24-23(30-22)26(11-10-25-12-14-28-15-13-25)20(27)16-29-19-6-4-3-5-7-19/h3-9H,10-16H2,1-2H3. The first-order chi connectivity index (χ1) is 14.6. The van der Waals surface area contributed by atoms with Gasteiger partial charge in [0.15, 0.2) is 11.7 Å². The fraction of sp³-hybridized carbons (Fsp3) is 0.391. The Morgan fingerprint density at radius 3 is 2.60 bits per heavy atom. The SMILES string of the molecule is Cc1ccc(C)c2sc(N(CCN3CCOCC3)C(=O)COc3ccccc3)nc12. The number of carbonyl (C=O) groups is 1. The second-order valence-corrected chi connectivity index (χ2v) is 8.45. The third-order valence-corrected chi connectivity index (χ3v) is 6.53. The lowest BCUT2D eigenvalue weighted by atomic mass is 10.1. The lowest BCUT2D eigenvalue weighted by molar-refractivity contribution is -0.120. The van der Waals surface area contributed by atoms with Crippen LogP contribution in [0.4, 0.5) is 5.13 Å². The van der Waals surface area contributed by atoms with Crippen molar-refractivity contribution in [1.82, 2.24) is 9.88 Å². The van der Waals surface area contributed by atoms with Crippen LogP contribution in [0.1, 0.15) is 11.1 Å². The van der Waals surface area contributed by atoms with E-state index in [0.717, 1.165) is 53.8 Å². The summed E-state index contributed by atoms with van der Waals surface area (Å²) in [5.41, 5.74) is 3.28. The maximum absolute atomic E-state index is 13.2. The first-order valence-corrected chi connectivity index (χ1v) is 11.1. The van der Waals surface area contributed by atoms with Crippen LogP contribution in [0.15, 0.2) is 42.5 Å². The van der Waals surface area contributed by atoms with Gasteiger partial charge in [0.25, 0.3) is 5.91 Å². The molecule has 0 unspecified atom stereocenters. The van der Waals surface area contributed by atoms with E-state index in [2.05, 4.69) is 30.9 Å². The molecule has 0 spiro atoms. The molecule has 7 heteroatoms. The van der Waals surface area contributed by atoms with E-state index < -0.39 is 0 Å². The number of carbonyl (C=O) groups excluding carboxylic acids is 1. The van der Waals surface area contributed by atoms with Crippen LogP contribution in [0, 0.1) is 13.8 Å². The Morgan fingerprint density at radius 2 is 1.87 bits per heavy atom. The first kappa shape index (κ1) is 20.8. The van der Waals surface area contributed by atoms with Crippen LogP contribution in [0.25, 0.3) is 10.2 Å². The van der Waals surface area contributed by atoms with Gasteiger partial charge >= 0.3 is 0 Å². The molecule has 30 heavy (non-hydrogen) atoms. The summed E-state index contributed by atoms with van der Waals surface area (Å²) in [4.78, 5) is 22.1. The molecule has 2 heterocycles. The summed E-state index contributed by atoms with van der Waals surface area (Å²) < 4.78 is 12.3. The van der Waals surface area contributed by atoms with Crippen LogP contribution in [0.5, 0.6) is 5.75 Å². The van der Waals surface area contributed by atoms with Gasteiger partial charge in [0.2, 0.25) is 0 Å². The smallest absolute Gasteiger partial charge is 0.266 e. The van der Waals surface area contributed by atoms with Crippen LogP contribution in [0.2, 0.25) is 0 Å². The number of para-hydroxylation sites is 1. The molecular formula is C23H27N3O3S. The fourth-order valence-corrected chi connectivity index (χ4v) is 4.65. The van der Waals surface area contributed by atoms with Crippen LogP contribution >= 0.6 is 11.3 Å². The molecule has 1 fully saturated rings. The number of benzene rings is 2. The summed E-state index contributed by atoms with van der Waals surface area (Å²) in [6, 6.07) is 13.6. The van der Waals surface area contributed by atoms with E-state index in [1.807, 2.05) is 30.3 Å². The topological polar surface area (TPSA) is 54.9 Å². The van der Waals surface area contributed by atoms with E-state index >= 15 is 0 Å². The Balaban J connectivity index is 1.55. The van der Waals surface area contributed by atoms with E-state index in [0.29, 0.717) is 12.3 Å². The maximum Gasteiger partial charge on any atom is 0.266 e. The summed E-state index contributed by atoms with van der Waals surface area (Å²) in [5, 5.41) is 0.734. The van der Waals surface area contributed by atoms with E-state index in [-0.39, 0.29) is 12.5 Å². The van der Waals surface area contributed by atoms with Crippen LogP contribution in [-0.4, -0.2) is 61.8 Å². The Labute approximate surface area is 181 Å². The molecule has 1 aromatic heterocycles. The summed E-state index contributed by atoms with van der Waals surface area (Å²) in [7, 11) is 0. The molecule has 1 saturated heterocycles. The summed E-state index contributed by atoms with van der Waals surface area (Å²) >= 11 is 1.58. The van der Waals surface area contributed by atoms with Crippen LogP contribution < -0.4 is 9.64 Å². The van der Waals surface area contributed by atoms with Gasteiger partial charge in [0.05, 0.1) is 23.4 Å². The summed E-state index contributed by atoms with van der Waals surface area (Å²) in [6.07, 6.45) is 0. The number of ether oxygens (including phenoxy) is 2. The van der Waals surface area contributed by atoms with Gasteiger partial charge in [-0.05, 0) is 37.1 Å². The molecule has 4 rings (SSSR count). The molecule has 3 aromatic rings. The third kappa shape index (κ3) is 4.80. The van der Waals surface area contributed by atoms with Crippen molar-refractivity contribution in [2.75, 3.05) is 50.9 Å². The highest BCUT2D eigenvalue weighted by Crippen LogP contribution is 2.33. The number of nitrogens with zero attached hydrogens (tertiary/aromatic N) is 3. The van der Waals surface area contributed by atoms with E-state index in [9.17, 15) is 4.79 Å². The second-order valence-electron chi connectivity index (χ2n) is 7.47. The van der Waals surface area contributed by atoms with Gasteiger partial charge < -0.3 is 9.47 Å². The van der Waals surface area contributed by atoms with Crippen molar-refractivity contribution < 1.29 is 14.3 Å². The van der Waals surface area contributed by atoms with Gasteiger partial charge in [-0.25, -0.2) is 4.98 Å². The Hall–Kier alpha value is -2.48. The van der Waals surface area contributed by atoms with E-state index in [1.165, 1.54) is 5.56 Å². The third-order valence-electron chi connectivity index (χ3n) is 5.31. The number of thiazole rings is 1. The van der Waals surface area contributed by atoms with Gasteiger partial charge in [0, 0.05) is 26.2 Å². The minimum Gasteiger partial charge on any atom is -0.484 e. The van der Waals surface area contributed by atoms with E-state index in [1.54, 1.807) is 16.2 Å². The highest BCUT2D eigenvalue weighted by molar-refractivity contribution is 7.22. The summed E-state index contributed by atoms with van der Waals surface area (Å²) in [6.45, 7) is 8.76. The van der Waals surface area contributed by atoms with Crippen molar-refractivity contribution in [3.05, 3.63) is 53.6 Å². The van der Waals surface area contributed by atoms with Gasteiger partial charge in [-0.1, -0.05) is 41.7 Å². The maximum atomic E-state index is 13.2. The number of aryl methyl sites for hydroxylation is 2. The van der Waals surface area contributed by atoms with Crippen molar-refractivity contribution in [3.8, 4) is 5.75 Å². The van der Waals surface area contributed by atoms with E-state index in [4.69, 9.17) is 14.5 Å². The van der Waals surface area contributed by atoms with Crippen LogP contribution in [-0.2, 0) is 9.53 Å². The van der Waals surface area contributed by atoms with Crippen molar-refractivity contribution in [1.29, 1.82) is 0 Å². The first-order valence-electron chi connectivity index (χ1n) is 10.3. The number of morpholine rings is 1. The zero-order valence-corrected chi connectivity index (χ0v) is 18.3. The number of fused-ring (bicyclic) bond motifs is 1. The largest absolute Gasteiger partial charge is 0.484 e. The summed E-state index contributed by atoms with van der Waals surface area (Å²) in [5.74, 6) is 0.608. The molecule has 158 valence electrons. The van der Waals surface area contributed by atoms with Crippen molar-refractivity contribution in [3.63, 3.8) is 0 Å². The predicted molar refractivity (Wildman–Crippen MR) is 121 cm³/mol. The lowest BCUT2D eigenvalue weighted by Gasteiger charge is -2.29. The molecule has 2 aromatic carbocycles. The molecular weight excluding hydrogens is 398 g/mol. The Morgan fingerprint density at radius 1 is 1.13 bits per heavy atom. The molecule has 0 bridgehead atoms. The average Bonchev–Trinajstić information content (AvgIpc) is 3.23. The average molecular weight is 426 g/mol. The monoisotopic (exact) mass is 425 g/mol. The normalized spacial score (nSPS) is 14.7. The zero-order chi connectivity index (χ0) is 20.9. The molecule has 0 radical (unpaired) electrons. The molecule has 0 N–H and O–H groups in total. The Kier molecular flexibility index (Phi) is 6.62. The highest BCUT2D eigenvalue weighted by atomic mass is 32.1. The molecule has 0 saturated carbocycles. The molecule has 0 aliphatic carbocycles. The number of aromatic nitrogens is 1. The fourth-order valence-electron chi connectivity index (χ4n) is 3.50. The molecule has 0 atom stereocenters. The number of rotatable bonds is 7. The highest BCUT2D eigenvalue weighted by Gasteiger charge is 2.23. The second kappa shape index (κ2) is 9.55. The minimum absolute atomic E-state index is 0.0129. The minimum atomic E-state index is -0.0820. The lowest BCUT2D eigenvalue weighted by Crippen LogP contribution is -2.44. The quantitative estimate of drug-likeness (QED) is 0.578. The van der Waals surface area contributed by atoms with Crippen molar-refractivity contribution in [2.45, 2.75) is 13.8 Å². The van der Waals surface area contributed by atoms with Gasteiger partial charge in [-0.2, -0.15) is 0 Å². The van der Waals surface area contributed by atoms with Gasteiger partial charge in [-0.3, -0.25) is 14.6 Å².